The van der Waals surface area contributed by atoms with Crippen LogP contribution in [0.2, 0.25) is 0 Å². The maximum Gasteiger partial charge on any atom is 0.305 e. The summed E-state index contributed by atoms with van der Waals surface area (Å²) < 4.78 is 9.49. The summed E-state index contributed by atoms with van der Waals surface area (Å²) in [6.45, 7) is 3.41. The van der Waals surface area contributed by atoms with Crippen molar-refractivity contribution < 1.29 is 33.8 Å². The average molecular weight is 252 g/mol. The first-order chi connectivity index (χ1) is 8.31. The Kier molecular flexibility index (Phi) is 12.8. The lowest BCUT2D eigenvalue weighted by Crippen LogP contribution is -2.12. The molecule has 0 saturated carbocycles. The molecule has 0 fully saturated rings. The standard InChI is InChI=1S/C10H20O7/c1-3-10(11)13-5-7-15-17-9-8-16-14-6-4-12-2/h3-9H2,1-2H3. The van der Waals surface area contributed by atoms with E-state index in [1.54, 1.807) is 14.0 Å². The highest BCUT2D eigenvalue weighted by Crippen LogP contribution is 1.87. The first-order valence-electron chi connectivity index (χ1n) is 5.44. The van der Waals surface area contributed by atoms with Crippen molar-refractivity contribution in [2.75, 3.05) is 46.8 Å². The molecular weight excluding hydrogens is 232 g/mol. The Hall–Kier alpha value is -0.730. The molecule has 0 rings (SSSR count). The van der Waals surface area contributed by atoms with Crippen LogP contribution in [0.1, 0.15) is 13.3 Å². The zero-order valence-electron chi connectivity index (χ0n) is 10.3. The highest BCUT2D eigenvalue weighted by molar-refractivity contribution is 5.68. The van der Waals surface area contributed by atoms with E-state index in [4.69, 9.17) is 29.0 Å². The van der Waals surface area contributed by atoms with Crippen molar-refractivity contribution in [2.24, 2.45) is 0 Å². The number of methoxy groups -OCH3 is 1. The molecule has 0 heterocycles. The van der Waals surface area contributed by atoms with Crippen LogP contribution in [0.25, 0.3) is 0 Å². The molecule has 0 aromatic heterocycles. The Bertz CT molecular complexity index is 174. The summed E-state index contributed by atoms with van der Waals surface area (Å²) in [6.07, 6.45) is 0.355. The number of esters is 1. The summed E-state index contributed by atoms with van der Waals surface area (Å²) in [5.41, 5.74) is 0. The van der Waals surface area contributed by atoms with E-state index in [-0.39, 0.29) is 32.4 Å². The van der Waals surface area contributed by atoms with Crippen molar-refractivity contribution in [1.82, 2.24) is 0 Å². The first kappa shape index (κ1) is 16.3. The molecule has 7 nitrogen and oxygen atoms in total. The minimum absolute atomic E-state index is 0.178. The van der Waals surface area contributed by atoms with Crippen LogP contribution in [0.4, 0.5) is 0 Å². The van der Waals surface area contributed by atoms with E-state index in [9.17, 15) is 4.79 Å². The summed E-state index contributed by atoms with van der Waals surface area (Å²) in [4.78, 5) is 29.6. The van der Waals surface area contributed by atoms with Gasteiger partial charge in [-0.15, -0.1) is 0 Å². The second kappa shape index (κ2) is 13.3. The van der Waals surface area contributed by atoms with Crippen molar-refractivity contribution in [3.63, 3.8) is 0 Å². The van der Waals surface area contributed by atoms with Crippen molar-refractivity contribution >= 4 is 5.97 Å². The van der Waals surface area contributed by atoms with Gasteiger partial charge >= 0.3 is 5.97 Å². The number of carbonyl (C=O) groups is 1. The maximum absolute atomic E-state index is 10.7. The second-order valence-corrected chi connectivity index (χ2v) is 2.85. The van der Waals surface area contributed by atoms with Crippen molar-refractivity contribution in [2.45, 2.75) is 13.3 Å². The van der Waals surface area contributed by atoms with Gasteiger partial charge in [0, 0.05) is 13.5 Å². The van der Waals surface area contributed by atoms with Crippen LogP contribution in [0.5, 0.6) is 0 Å². The number of rotatable bonds is 12. The highest BCUT2D eigenvalue weighted by atomic mass is 17.2. The molecule has 0 spiro atoms. The third-order valence-electron chi connectivity index (χ3n) is 1.51. The van der Waals surface area contributed by atoms with Gasteiger partial charge in [0.15, 0.2) is 0 Å². The van der Waals surface area contributed by atoms with Gasteiger partial charge in [-0.3, -0.25) is 4.79 Å². The van der Waals surface area contributed by atoms with Gasteiger partial charge in [-0.1, -0.05) is 6.92 Å². The fraction of sp³-hybridized carbons (Fsp3) is 0.900. The average Bonchev–Trinajstić information content (AvgIpc) is 2.35. The Morgan fingerprint density at radius 2 is 1.29 bits per heavy atom. The summed E-state index contributed by atoms with van der Waals surface area (Å²) in [5, 5.41) is 0. The molecule has 0 radical (unpaired) electrons. The Labute approximate surface area is 101 Å². The van der Waals surface area contributed by atoms with E-state index in [1.807, 2.05) is 0 Å². The maximum atomic E-state index is 10.7. The molecule has 17 heavy (non-hydrogen) atoms. The molecule has 0 aromatic rings. The lowest BCUT2D eigenvalue weighted by atomic mass is 10.5. The van der Waals surface area contributed by atoms with Crippen LogP contribution >= 0.6 is 0 Å². The van der Waals surface area contributed by atoms with Crippen LogP contribution in [-0.2, 0) is 33.8 Å². The second-order valence-electron chi connectivity index (χ2n) is 2.85. The SMILES string of the molecule is CCC(=O)OCCOOCCOOCCOC. The third kappa shape index (κ3) is 13.2. The lowest BCUT2D eigenvalue weighted by molar-refractivity contribution is -0.343. The molecule has 0 N–H and O–H groups in total. The quantitative estimate of drug-likeness (QED) is 0.216. The lowest BCUT2D eigenvalue weighted by Gasteiger charge is -2.05. The summed E-state index contributed by atoms with van der Waals surface area (Å²) in [6, 6.07) is 0. The first-order valence-corrected chi connectivity index (χ1v) is 5.44. The topological polar surface area (TPSA) is 72.5 Å². The molecule has 0 aliphatic carbocycles. The van der Waals surface area contributed by atoms with Crippen LogP contribution in [0.3, 0.4) is 0 Å². The van der Waals surface area contributed by atoms with Gasteiger partial charge in [0.25, 0.3) is 0 Å². The van der Waals surface area contributed by atoms with Gasteiger partial charge in [-0.2, -0.15) is 0 Å². The molecule has 0 amide bonds. The molecule has 0 bridgehead atoms. The fourth-order valence-corrected chi connectivity index (χ4v) is 0.713. The van der Waals surface area contributed by atoms with Gasteiger partial charge in [-0.25, -0.2) is 19.6 Å². The zero-order chi connectivity index (χ0) is 12.8. The minimum atomic E-state index is -0.261. The predicted octanol–water partition coefficient (Wildman–Crippen LogP) is 0.482. The largest absolute Gasteiger partial charge is 0.463 e. The molecular formula is C10H20O7. The summed E-state index contributed by atoms with van der Waals surface area (Å²) >= 11 is 0. The fourth-order valence-electron chi connectivity index (χ4n) is 0.713. The van der Waals surface area contributed by atoms with Crippen molar-refractivity contribution in [3.05, 3.63) is 0 Å². The highest BCUT2D eigenvalue weighted by Gasteiger charge is 1.97. The predicted molar refractivity (Wildman–Crippen MR) is 56.9 cm³/mol. The van der Waals surface area contributed by atoms with Crippen LogP contribution in [0.15, 0.2) is 0 Å². The molecule has 102 valence electrons. The number of ether oxygens (including phenoxy) is 2. The monoisotopic (exact) mass is 252 g/mol. The van der Waals surface area contributed by atoms with E-state index in [1.165, 1.54) is 0 Å². The normalized spacial score (nSPS) is 10.5. The summed E-state index contributed by atoms with van der Waals surface area (Å²) in [5.74, 6) is -0.261. The van der Waals surface area contributed by atoms with Gasteiger partial charge < -0.3 is 9.47 Å². The van der Waals surface area contributed by atoms with E-state index in [2.05, 4.69) is 0 Å². The Balaban J connectivity index is 2.96. The van der Waals surface area contributed by atoms with Crippen LogP contribution in [0, 0.1) is 0 Å². The number of hydrogen-bond donors (Lipinski definition) is 0. The van der Waals surface area contributed by atoms with E-state index in [0.717, 1.165) is 0 Å². The smallest absolute Gasteiger partial charge is 0.305 e. The number of hydrogen-bond acceptors (Lipinski definition) is 7. The van der Waals surface area contributed by atoms with E-state index >= 15 is 0 Å². The Morgan fingerprint density at radius 1 is 0.824 bits per heavy atom. The van der Waals surface area contributed by atoms with E-state index < -0.39 is 0 Å². The molecule has 0 aliphatic heterocycles. The van der Waals surface area contributed by atoms with Crippen molar-refractivity contribution in [1.29, 1.82) is 0 Å². The molecule has 0 aromatic carbocycles. The minimum Gasteiger partial charge on any atom is -0.463 e. The van der Waals surface area contributed by atoms with Gasteiger partial charge in [0.2, 0.25) is 0 Å². The molecule has 0 saturated heterocycles. The van der Waals surface area contributed by atoms with Gasteiger partial charge in [0.1, 0.15) is 33.0 Å². The summed E-state index contributed by atoms with van der Waals surface area (Å²) in [7, 11) is 1.58. The molecule has 0 aliphatic rings. The van der Waals surface area contributed by atoms with E-state index in [0.29, 0.717) is 19.6 Å². The molecule has 0 atom stereocenters. The number of carbonyl (C=O) groups excluding carboxylic acids is 1. The zero-order valence-corrected chi connectivity index (χ0v) is 10.3. The molecule has 0 unspecified atom stereocenters. The third-order valence-corrected chi connectivity index (χ3v) is 1.51. The van der Waals surface area contributed by atoms with Crippen molar-refractivity contribution in [3.8, 4) is 0 Å². The molecule has 7 heteroatoms. The van der Waals surface area contributed by atoms with Crippen LogP contribution in [-0.4, -0.2) is 52.7 Å². The van der Waals surface area contributed by atoms with Gasteiger partial charge in [-0.05, 0) is 0 Å². The Morgan fingerprint density at radius 3 is 1.76 bits per heavy atom. The van der Waals surface area contributed by atoms with Gasteiger partial charge in [0.05, 0.1) is 6.61 Å². The van der Waals surface area contributed by atoms with Crippen LogP contribution < -0.4 is 0 Å².